The molecule has 4 amide bonds. The summed E-state index contributed by atoms with van der Waals surface area (Å²) in [5.41, 5.74) is 10.6. The van der Waals surface area contributed by atoms with Crippen LogP contribution in [0.5, 0.6) is 0 Å². The quantitative estimate of drug-likeness (QED) is 0.0997. The number of carboxylic acids is 2. The number of primary amides is 1. The van der Waals surface area contributed by atoms with Crippen molar-refractivity contribution >= 4 is 47.3 Å². The maximum atomic E-state index is 12.6. The lowest BCUT2D eigenvalue weighted by molar-refractivity contribution is -0.143. The molecule has 0 heterocycles. The van der Waals surface area contributed by atoms with Gasteiger partial charge in [0.25, 0.3) is 0 Å². The number of aliphatic carboxylic acids is 2. The van der Waals surface area contributed by atoms with Gasteiger partial charge in [-0.2, -0.15) is 11.8 Å². The molecule has 188 valence electrons. The van der Waals surface area contributed by atoms with Crippen LogP contribution in [0.25, 0.3) is 0 Å². The predicted molar refractivity (Wildman–Crippen MR) is 117 cm³/mol. The van der Waals surface area contributed by atoms with Gasteiger partial charge >= 0.3 is 11.9 Å². The van der Waals surface area contributed by atoms with Crippen molar-refractivity contribution in [2.45, 2.75) is 56.3 Å². The molecular weight excluding hydrogens is 462 g/mol. The number of rotatable bonds is 17. The molecule has 0 saturated heterocycles. The Balaban J connectivity index is 5.20. The SMILES string of the molecule is CSCCC(NC(=O)C(CO)NC(=O)C(N)CCC(N)=O)C(=O)NC(CCC(=O)O)C(=O)O. The van der Waals surface area contributed by atoms with Crippen LogP contribution in [0.15, 0.2) is 0 Å². The minimum atomic E-state index is -1.49. The molecule has 4 atom stereocenters. The zero-order chi connectivity index (χ0) is 25.6. The highest BCUT2D eigenvalue weighted by Crippen LogP contribution is 2.05. The average molecular weight is 494 g/mol. The molecule has 0 radical (unpaired) electrons. The molecular formula is C18H31N5O9S. The smallest absolute Gasteiger partial charge is 0.326 e. The lowest BCUT2D eigenvalue weighted by Crippen LogP contribution is -2.58. The second-order valence-electron chi connectivity index (χ2n) is 7.03. The molecule has 0 spiro atoms. The van der Waals surface area contributed by atoms with Crippen molar-refractivity contribution in [1.82, 2.24) is 16.0 Å². The maximum absolute atomic E-state index is 12.6. The summed E-state index contributed by atoms with van der Waals surface area (Å²) < 4.78 is 0. The highest BCUT2D eigenvalue weighted by atomic mass is 32.2. The third kappa shape index (κ3) is 12.6. The normalized spacial score (nSPS) is 14.3. The monoisotopic (exact) mass is 493 g/mol. The minimum absolute atomic E-state index is 0.0768. The first-order chi connectivity index (χ1) is 15.4. The molecule has 0 fully saturated rings. The number of thioether (sulfide) groups is 1. The molecule has 0 saturated carbocycles. The van der Waals surface area contributed by atoms with Crippen molar-refractivity contribution in [3.8, 4) is 0 Å². The molecule has 14 nitrogen and oxygen atoms in total. The molecule has 0 aromatic carbocycles. The molecule has 33 heavy (non-hydrogen) atoms. The minimum Gasteiger partial charge on any atom is -0.481 e. The van der Waals surface area contributed by atoms with E-state index in [0.717, 1.165) is 0 Å². The fraction of sp³-hybridized carbons (Fsp3) is 0.667. The van der Waals surface area contributed by atoms with E-state index in [-0.39, 0.29) is 25.7 Å². The Morgan fingerprint density at radius 3 is 1.85 bits per heavy atom. The molecule has 0 aliphatic heterocycles. The first-order valence-electron chi connectivity index (χ1n) is 9.92. The first kappa shape index (κ1) is 30.1. The van der Waals surface area contributed by atoms with E-state index in [2.05, 4.69) is 16.0 Å². The summed E-state index contributed by atoms with van der Waals surface area (Å²) in [6, 6.07) is -5.34. The van der Waals surface area contributed by atoms with Gasteiger partial charge in [0, 0.05) is 12.8 Å². The third-order valence-corrected chi connectivity index (χ3v) is 5.00. The number of aliphatic hydroxyl groups is 1. The number of carbonyl (C=O) groups excluding carboxylic acids is 4. The zero-order valence-corrected chi connectivity index (χ0v) is 18.9. The maximum Gasteiger partial charge on any atom is 0.326 e. The summed E-state index contributed by atoms with van der Waals surface area (Å²) >= 11 is 1.35. The third-order valence-electron chi connectivity index (χ3n) is 4.36. The predicted octanol–water partition coefficient (Wildman–Crippen LogP) is -3.27. The van der Waals surface area contributed by atoms with Crippen molar-refractivity contribution in [1.29, 1.82) is 0 Å². The van der Waals surface area contributed by atoms with Gasteiger partial charge < -0.3 is 42.7 Å². The van der Waals surface area contributed by atoms with Crippen LogP contribution >= 0.6 is 11.8 Å². The van der Waals surface area contributed by atoms with Gasteiger partial charge in [-0.15, -0.1) is 0 Å². The van der Waals surface area contributed by atoms with E-state index in [4.69, 9.17) is 16.6 Å². The molecule has 0 aliphatic rings. The van der Waals surface area contributed by atoms with Crippen LogP contribution in [0.4, 0.5) is 0 Å². The number of hydrogen-bond donors (Lipinski definition) is 8. The fourth-order valence-electron chi connectivity index (χ4n) is 2.48. The van der Waals surface area contributed by atoms with E-state index in [1.807, 2.05) is 0 Å². The molecule has 0 aromatic rings. The highest BCUT2D eigenvalue weighted by Gasteiger charge is 2.30. The standard InChI is InChI=1S/C18H31N5O9S/c1-33-7-6-10(16(29)22-11(18(31)32)3-5-14(26)27)21-17(30)12(8-24)23-15(28)9(19)2-4-13(20)25/h9-12,24H,2-8,19H2,1H3,(H2,20,25)(H,21,30)(H,22,29)(H,23,28)(H,26,27)(H,31,32). The van der Waals surface area contributed by atoms with Crippen LogP contribution in [0.1, 0.15) is 32.1 Å². The largest absolute Gasteiger partial charge is 0.481 e. The number of nitrogens with two attached hydrogens (primary N) is 2. The molecule has 0 aliphatic carbocycles. The van der Waals surface area contributed by atoms with Gasteiger partial charge in [-0.05, 0) is 31.3 Å². The van der Waals surface area contributed by atoms with E-state index in [1.165, 1.54) is 11.8 Å². The number of carboxylic acid groups (broad SMARTS) is 2. The number of nitrogens with one attached hydrogen (secondary N) is 3. The lowest BCUT2D eigenvalue weighted by atomic mass is 10.1. The lowest BCUT2D eigenvalue weighted by Gasteiger charge is -2.24. The summed E-state index contributed by atoms with van der Waals surface area (Å²) in [4.78, 5) is 70.0. The van der Waals surface area contributed by atoms with Gasteiger partial charge in [0.15, 0.2) is 0 Å². The van der Waals surface area contributed by atoms with E-state index in [9.17, 15) is 39.0 Å². The van der Waals surface area contributed by atoms with Crippen LogP contribution in [0.3, 0.4) is 0 Å². The Morgan fingerprint density at radius 1 is 0.818 bits per heavy atom. The fourth-order valence-corrected chi connectivity index (χ4v) is 2.95. The highest BCUT2D eigenvalue weighted by molar-refractivity contribution is 7.98. The van der Waals surface area contributed by atoms with Crippen LogP contribution in [-0.2, 0) is 28.8 Å². The van der Waals surface area contributed by atoms with Crippen molar-refractivity contribution in [3.63, 3.8) is 0 Å². The summed E-state index contributed by atoms with van der Waals surface area (Å²) in [7, 11) is 0. The van der Waals surface area contributed by atoms with Gasteiger partial charge in [-0.1, -0.05) is 0 Å². The van der Waals surface area contributed by atoms with Gasteiger partial charge in [0.1, 0.15) is 18.1 Å². The number of carbonyl (C=O) groups is 6. The second kappa shape index (κ2) is 15.8. The Bertz CT molecular complexity index is 721. The van der Waals surface area contributed by atoms with Gasteiger partial charge in [-0.3, -0.25) is 24.0 Å². The van der Waals surface area contributed by atoms with Crippen LogP contribution in [-0.4, -0.2) is 93.7 Å². The second-order valence-corrected chi connectivity index (χ2v) is 8.02. The van der Waals surface area contributed by atoms with E-state index in [0.29, 0.717) is 5.75 Å². The van der Waals surface area contributed by atoms with E-state index < -0.39 is 72.8 Å². The average Bonchev–Trinajstić information content (AvgIpc) is 2.74. The van der Waals surface area contributed by atoms with Crippen LogP contribution in [0, 0.1) is 0 Å². The molecule has 0 aromatic heterocycles. The van der Waals surface area contributed by atoms with E-state index >= 15 is 0 Å². The van der Waals surface area contributed by atoms with Crippen LogP contribution < -0.4 is 27.4 Å². The Kier molecular flexibility index (Phi) is 14.4. The molecule has 15 heteroatoms. The summed E-state index contributed by atoms with van der Waals surface area (Å²) in [5, 5.41) is 34.2. The first-order valence-corrected chi connectivity index (χ1v) is 11.3. The summed E-state index contributed by atoms with van der Waals surface area (Å²) in [5.74, 6) is -5.55. The zero-order valence-electron chi connectivity index (χ0n) is 18.1. The Hall–Kier alpha value is -2.91. The molecule has 4 unspecified atom stereocenters. The van der Waals surface area contributed by atoms with Gasteiger partial charge in [0.2, 0.25) is 23.6 Å². The van der Waals surface area contributed by atoms with Crippen molar-refractivity contribution in [2.24, 2.45) is 11.5 Å². The number of hydrogen-bond acceptors (Lipinski definition) is 9. The van der Waals surface area contributed by atoms with Crippen molar-refractivity contribution in [2.75, 3.05) is 18.6 Å². The van der Waals surface area contributed by atoms with Crippen molar-refractivity contribution in [3.05, 3.63) is 0 Å². The summed E-state index contributed by atoms with van der Waals surface area (Å²) in [6.45, 7) is -0.826. The topological polar surface area (TPSA) is 251 Å². The molecule has 0 rings (SSSR count). The Labute approximate surface area is 194 Å². The molecule has 10 N–H and O–H groups in total. The van der Waals surface area contributed by atoms with Crippen molar-refractivity contribution < 1.29 is 44.1 Å². The molecule has 0 bridgehead atoms. The number of amides is 4. The van der Waals surface area contributed by atoms with Gasteiger partial charge in [0.05, 0.1) is 12.6 Å². The Morgan fingerprint density at radius 2 is 1.36 bits per heavy atom. The van der Waals surface area contributed by atoms with E-state index in [1.54, 1.807) is 6.26 Å². The van der Waals surface area contributed by atoms with Gasteiger partial charge in [-0.25, -0.2) is 4.79 Å². The summed E-state index contributed by atoms with van der Waals surface area (Å²) in [6.07, 6.45) is 0.745. The number of aliphatic hydroxyl groups excluding tert-OH is 1. The van der Waals surface area contributed by atoms with Crippen LogP contribution in [0.2, 0.25) is 0 Å².